The van der Waals surface area contributed by atoms with Crippen LogP contribution < -0.4 is 5.32 Å². The third-order valence-electron chi connectivity index (χ3n) is 2.28. The lowest BCUT2D eigenvalue weighted by molar-refractivity contribution is 0.657. The SMILES string of the molecule is Brc1csc(CNCCCc2cccs2)c1. The summed E-state index contributed by atoms with van der Waals surface area (Å²) in [5, 5.41) is 7.74. The Kier molecular flexibility index (Phi) is 5.03. The Morgan fingerprint density at radius 1 is 1.25 bits per heavy atom. The second-order valence-electron chi connectivity index (χ2n) is 3.59. The smallest absolute Gasteiger partial charge is 0.0300 e. The monoisotopic (exact) mass is 315 g/mol. The molecule has 0 amide bonds. The van der Waals surface area contributed by atoms with Crippen LogP contribution in [0, 0.1) is 0 Å². The van der Waals surface area contributed by atoms with E-state index in [1.807, 2.05) is 11.3 Å². The molecule has 0 fully saturated rings. The second-order valence-corrected chi connectivity index (χ2v) is 6.53. The first-order chi connectivity index (χ1) is 7.84. The van der Waals surface area contributed by atoms with Crippen molar-refractivity contribution in [3.8, 4) is 0 Å². The molecule has 0 saturated heterocycles. The van der Waals surface area contributed by atoms with Gasteiger partial charge in [-0.1, -0.05) is 6.07 Å². The Morgan fingerprint density at radius 3 is 2.88 bits per heavy atom. The summed E-state index contributed by atoms with van der Waals surface area (Å²) in [6.07, 6.45) is 2.41. The molecule has 0 aliphatic rings. The molecule has 4 heteroatoms. The number of hydrogen-bond donors (Lipinski definition) is 1. The topological polar surface area (TPSA) is 12.0 Å². The maximum Gasteiger partial charge on any atom is 0.0300 e. The van der Waals surface area contributed by atoms with Gasteiger partial charge < -0.3 is 5.32 Å². The number of halogens is 1. The van der Waals surface area contributed by atoms with Gasteiger partial charge in [-0.05, 0) is 52.8 Å². The molecule has 2 heterocycles. The molecular formula is C12H14BrNS2. The van der Waals surface area contributed by atoms with Gasteiger partial charge in [-0.2, -0.15) is 0 Å². The first-order valence-electron chi connectivity index (χ1n) is 5.30. The summed E-state index contributed by atoms with van der Waals surface area (Å²) < 4.78 is 1.19. The number of thiophene rings is 2. The molecule has 0 aromatic carbocycles. The summed E-state index contributed by atoms with van der Waals surface area (Å²) in [4.78, 5) is 2.88. The molecule has 0 bridgehead atoms. The molecule has 0 radical (unpaired) electrons. The van der Waals surface area contributed by atoms with E-state index < -0.39 is 0 Å². The zero-order valence-electron chi connectivity index (χ0n) is 8.91. The van der Waals surface area contributed by atoms with Crippen LogP contribution in [0.25, 0.3) is 0 Å². The van der Waals surface area contributed by atoms with Gasteiger partial charge in [0.05, 0.1) is 0 Å². The summed E-state index contributed by atoms with van der Waals surface area (Å²) in [6, 6.07) is 6.51. The molecule has 16 heavy (non-hydrogen) atoms. The van der Waals surface area contributed by atoms with E-state index in [9.17, 15) is 0 Å². The average molecular weight is 316 g/mol. The van der Waals surface area contributed by atoms with Gasteiger partial charge in [-0.3, -0.25) is 0 Å². The Labute approximate surface area is 113 Å². The predicted molar refractivity (Wildman–Crippen MR) is 76.4 cm³/mol. The van der Waals surface area contributed by atoms with Crippen LogP contribution in [0.4, 0.5) is 0 Å². The van der Waals surface area contributed by atoms with Gasteiger partial charge in [0, 0.05) is 26.2 Å². The quantitative estimate of drug-likeness (QED) is 0.784. The van der Waals surface area contributed by atoms with Crippen molar-refractivity contribution < 1.29 is 0 Å². The number of rotatable bonds is 6. The number of hydrogen-bond acceptors (Lipinski definition) is 3. The fraction of sp³-hybridized carbons (Fsp3) is 0.333. The van der Waals surface area contributed by atoms with Gasteiger partial charge in [-0.15, -0.1) is 22.7 Å². The van der Waals surface area contributed by atoms with E-state index in [4.69, 9.17) is 0 Å². The molecular weight excluding hydrogens is 302 g/mol. The molecule has 2 aromatic heterocycles. The van der Waals surface area contributed by atoms with Crippen LogP contribution in [0.1, 0.15) is 16.2 Å². The lowest BCUT2D eigenvalue weighted by Gasteiger charge is -2.01. The standard InChI is InChI=1S/C12H14BrNS2/c13-10-7-12(16-9-10)8-14-5-1-3-11-4-2-6-15-11/h2,4,6-7,9,14H,1,3,5,8H2. The highest BCUT2D eigenvalue weighted by atomic mass is 79.9. The van der Waals surface area contributed by atoms with Crippen molar-refractivity contribution in [1.82, 2.24) is 5.32 Å². The molecule has 0 atom stereocenters. The highest BCUT2D eigenvalue weighted by Gasteiger charge is 1.97. The molecule has 0 spiro atoms. The Hall–Kier alpha value is -0.160. The number of nitrogens with one attached hydrogen (secondary N) is 1. The fourth-order valence-electron chi connectivity index (χ4n) is 1.50. The van der Waals surface area contributed by atoms with E-state index in [0.29, 0.717) is 0 Å². The molecule has 0 saturated carbocycles. The minimum absolute atomic E-state index is 0.987. The zero-order valence-corrected chi connectivity index (χ0v) is 12.1. The van der Waals surface area contributed by atoms with Crippen molar-refractivity contribution in [2.75, 3.05) is 6.54 Å². The summed E-state index contributed by atoms with van der Waals surface area (Å²) in [7, 11) is 0. The Balaban J connectivity index is 1.59. The summed E-state index contributed by atoms with van der Waals surface area (Å²) in [5.41, 5.74) is 0. The fourth-order valence-corrected chi connectivity index (χ4v) is 3.67. The maximum atomic E-state index is 3.47. The number of aryl methyl sites for hydroxylation is 1. The van der Waals surface area contributed by atoms with E-state index >= 15 is 0 Å². The van der Waals surface area contributed by atoms with Gasteiger partial charge in [-0.25, -0.2) is 0 Å². The van der Waals surface area contributed by atoms with Crippen molar-refractivity contribution in [1.29, 1.82) is 0 Å². The van der Waals surface area contributed by atoms with Crippen LogP contribution in [-0.4, -0.2) is 6.54 Å². The van der Waals surface area contributed by atoms with Crippen LogP contribution in [0.3, 0.4) is 0 Å². The Morgan fingerprint density at radius 2 is 2.19 bits per heavy atom. The minimum atomic E-state index is 0.987. The molecule has 0 unspecified atom stereocenters. The van der Waals surface area contributed by atoms with Crippen LogP contribution >= 0.6 is 38.6 Å². The van der Waals surface area contributed by atoms with Crippen molar-refractivity contribution in [3.05, 3.63) is 43.2 Å². The van der Waals surface area contributed by atoms with Crippen molar-refractivity contribution in [2.45, 2.75) is 19.4 Å². The molecule has 0 aliphatic carbocycles. The molecule has 86 valence electrons. The lowest BCUT2D eigenvalue weighted by Crippen LogP contribution is -2.14. The first-order valence-corrected chi connectivity index (χ1v) is 7.86. The summed E-state index contributed by atoms with van der Waals surface area (Å²) >= 11 is 7.11. The Bertz CT molecular complexity index is 408. The van der Waals surface area contributed by atoms with E-state index in [-0.39, 0.29) is 0 Å². The van der Waals surface area contributed by atoms with E-state index in [2.05, 4.69) is 50.2 Å². The summed E-state index contributed by atoms with van der Waals surface area (Å²) in [5.74, 6) is 0. The van der Waals surface area contributed by atoms with Crippen LogP contribution in [0.5, 0.6) is 0 Å². The highest BCUT2D eigenvalue weighted by molar-refractivity contribution is 9.10. The van der Waals surface area contributed by atoms with Crippen LogP contribution in [-0.2, 0) is 13.0 Å². The van der Waals surface area contributed by atoms with Gasteiger partial charge in [0.2, 0.25) is 0 Å². The zero-order chi connectivity index (χ0) is 11.2. The van der Waals surface area contributed by atoms with Gasteiger partial charge >= 0.3 is 0 Å². The lowest BCUT2D eigenvalue weighted by atomic mass is 10.2. The second kappa shape index (κ2) is 6.55. The van der Waals surface area contributed by atoms with Crippen molar-refractivity contribution >= 4 is 38.6 Å². The van der Waals surface area contributed by atoms with Crippen LogP contribution in [0.2, 0.25) is 0 Å². The van der Waals surface area contributed by atoms with E-state index in [1.165, 1.54) is 27.1 Å². The van der Waals surface area contributed by atoms with Crippen molar-refractivity contribution in [3.63, 3.8) is 0 Å². The molecule has 2 rings (SSSR count). The van der Waals surface area contributed by atoms with E-state index in [0.717, 1.165) is 13.1 Å². The molecule has 1 N–H and O–H groups in total. The normalized spacial score (nSPS) is 10.8. The predicted octanol–water partition coefficient (Wildman–Crippen LogP) is 4.29. The largest absolute Gasteiger partial charge is 0.312 e. The average Bonchev–Trinajstić information content (AvgIpc) is 2.89. The third kappa shape index (κ3) is 4.01. The molecule has 0 aliphatic heterocycles. The highest BCUT2D eigenvalue weighted by Crippen LogP contribution is 2.19. The van der Waals surface area contributed by atoms with Crippen LogP contribution in [0.15, 0.2) is 33.4 Å². The van der Waals surface area contributed by atoms with Gasteiger partial charge in [0.25, 0.3) is 0 Å². The maximum absolute atomic E-state index is 3.47. The minimum Gasteiger partial charge on any atom is -0.312 e. The third-order valence-corrected chi connectivity index (χ3v) is 4.91. The molecule has 2 aromatic rings. The van der Waals surface area contributed by atoms with Crippen molar-refractivity contribution in [2.24, 2.45) is 0 Å². The summed E-state index contributed by atoms with van der Waals surface area (Å²) in [6.45, 7) is 2.08. The first kappa shape index (κ1) is 12.3. The van der Waals surface area contributed by atoms with Gasteiger partial charge in [0.1, 0.15) is 0 Å². The molecule has 1 nitrogen and oxygen atoms in total. The van der Waals surface area contributed by atoms with Gasteiger partial charge in [0.15, 0.2) is 0 Å². The van der Waals surface area contributed by atoms with E-state index in [1.54, 1.807) is 11.3 Å².